The first-order valence-electron chi connectivity index (χ1n) is 12.3. The molecule has 37 heavy (non-hydrogen) atoms. The summed E-state index contributed by atoms with van der Waals surface area (Å²) in [5.74, 6) is -0.753. The fourth-order valence-electron chi connectivity index (χ4n) is 5.83. The van der Waals surface area contributed by atoms with Crippen LogP contribution in [0.15, 0.2) is 54.7 Å². The van der Waals surface area contributed by atoms with Crippen molar-refractivity contribution in [3.8, 4) is 0 Å². The van der Waals surface area contributed by atoms with Crippen LogP contribution in [-0.4, -0.2) is 57.3 Å². The minimum absolute atomic E-state index is 0.00558. The lowest BCUT2D eigenvalue weighted by Crippen LogP contribution is -2.57. The zero-order valence-electron chi connectivity index (χ0n) is 20.6. The first-order chi connectivity index (χ1) is 17.7. The van der Waals surface area contributed by atoms with Crippen LogP contribution in [0.1, 0.15) is 31.0 Å². The first-order valence-corrected chi connectivity index (χ1v) is 13.0. The quantitative estimate of drug-likeness (QED) is 0.520. The van der Waals surface area contributed by atoms with Gasteiger partial charge in [-0.25, -0.2) is 4.39 Å². The second-order valence-electron chi connectivity index (χ2n) is 10.1. The van der Waals surface area contributed by atoms with Gasteiger partial charge in [0.15, 0.2) is 11.0 Å². The third kappa shape index (κ3) is 4.90. The van der Waals surface area contributed by atoms with Crippen molar-refractivity contribution in [2.45, 2.75) is 25.4 Å². The first kappa shape index (κ1) is 25.8. The Morgan fingerprint density at radius 2 is 1.68 bits per heavy atom. The van der Waals surface area contributed by atoms with Crippen LogP contribution in [0.5, 0.6) is 0 Å². The highest BCUT2D eigenvalue weighted by Gasteiger charge is 2.49. The lowest BCUT2D eigenvalue weighted by Gasteiger charge is -2.48. The summed E-state index contributed by atoms with van der Waals surface area (Å²) in [5, 5.41) is 20.7. The van der Waals surface area contributed by atoms with Crippen LogP contribution < -0.4 is 4.90 Å². The second kappa shape index (κ2) is 10.2. The summed E-state index contributed by atoms with van der Waals surface area (Å²) in [6.45, 7) is 5.62. The van der Waals surface area contributed by atoms with E-state index < -0.39 is 5.60 Å². The molecule has 2 unspecified atom stereocenters. The minimum Gasteiger partial charge on any atom is -0.384 e. The molecule has 1 N–H and O–H groups in total. The van der Waals surface area contributed by atoms with Crippen molar-refractivity contribution in [2.24, 2.45) is 17.8 Å². The van der Waals surface area contributed by atoms with E-state index in [1.54, 1.807) is 36.5 Å². The van der Waals surface area contributed by atoms with E-state index in [0.29, 0.717) is 47.7 Å². The number of piperidine rings is 1. The number of rotatable bonds is 4. The van der Waals surface area contributed by atoms with E-state index in [2.05, 4.69) is 15.2 Å². The summed E-state index contributed by atoms with van der Waals surface area (Å²) in [5.41, 5.74) is 0.285. The molecule has 3 aromatic rings. The zero-order valence-corrected chi connectivity index (χ0v) is 22.1. The average molecular weight is 544 g/mol. The van der Waals surface area contributed by atoms with Gasteiger partial charge in [-0.15, -0.1) is 10.2 Å². The van der Waals surface area contributed by atoms with Gasteiger partial charge in [0.2, 0.25) is 5.91 Å². The molecule has 10 heteroatoms. The molecular weight excluding hydrogens is 516 g/mol. The number of anilines is 1. The summed E-state index contributed by atoms with van der Waals surface area (Å²) in [6.07, 6.45) is 1.59. The molecule has 0 spiro atoms. The van der Waals surface area contributed by atoms with E-state index in [1.165, 1.54) is 12.1 Å². The van der Waals surface area contributed by atoms with E-state index in [0.717, 1.165) is 5.69 Å². The number of pyridine rings is 1. The Balaban J connectivity index is 1.40. The van der Waals surface area contributed by atoms with Crippen molar-refractivity contribution in [2.75, 3.05) is 31.1 Å². The highest BCUT2D eigenvalue weighted by atomic mass is 35.5. The van der Waals surface area contributed by atoms with E-state index in [9.17, 15) is 14.3 Å². The topological polar surface area (TPSA) is 82.5 Å². The van der Waals surface area contributed by atoms with Crippen molar-refractivity contribution in [3.63, 3.8) is 0 Å². The Hall–Kier alpha value is -2.81. The molecule has 0 aliphatic carbocycles. The second-order valence-corrected chi connectivity index (χ2v) is 10.9. The lowest BCUT2D eigenvalue weighted by atomic mass is 9.70. The number of halogens is 3. The molecule has 7 nitrogen and oxygen atoms in total. The smallest absolute Gasteiger partial charge is 0.228 e. The maximum absolute atomic E-state index is 14.0. The van der Waals surface area contributed by atoms with Crippen molar-refractivity contribution in [1.82, 2.24) is 20.1 Å². The molecule has 2 aromatic heterocycles. The van der Waals surface area contributed by atoms with Crippen molar-refractivity contribution >= 4 is 34.9 Å². The largest absolute Gasteiger partial charge is 0.384 e. The lowest BCUT2D eigenvalue weighted by molar-refractivity contribution is -0.152. The van der Waals surface area contributed by atoms with Gasteiger partial charge >= 0.3 is 0 Å². The number of benzene rings is 1. The number of hydrogen-bond donors (Lipinski definition) is 1. The predicted octanol–water partition coefficient (Wildman–Crippen LogP) is 4.54. The van der Waals surface area contributed by atoms with Crippen LogP contribution in [0, 0.1) is 23.6 Å². The number of hydrogen-bond acceptors (Lipinski definition) is 6. The van der Waals surface area contributed by atoms with Gasteiger partial charge < -0.3 is 14.9 Å². The fourth-order valence-corrected chi connectivity index (χ4v) is 6.04. The Kier molecular flexibility index (Phi) is 7.09. The standard InChI is InChI=1S/C27H28Cl2FN5O2/c1-16-12-35(13-17(2)27(16,37)18-3-6-20(30)7-4-18)26(36)22-15-34(25-10-9-24(29)32-33-25)14-21(22)23-8-5-19(28)11-31-23/h3-11,16-17,21-22,37H,12-15H2,1-2H3/t16?,17?,21-,22-,27?/m1/s1. The third-order valence-electron chi connectivity index (χ3n) is 7.82. The predicted molar refractivity (Wildman–Crippen MR) is 140 cm³/mol. The molecule has 2 fully saturated rings. The summed E-state index contributed by atoms with van der Waals surface area (Å²) >= 11 is 12.0. The molecule has 4 atom stereocenters. The van der Waals surface area contributed by atoms with Crippen LogP contribution in [0.4, 0.5) is 10.2 Å². The molecule has 4 heterocycles. The molecule has 2 aliphatic rings. The molecule has 0 bridgehead atoms. The van der Waals surface area contributed by atoms with Gasteiger partial charge in [0, 0.05) is 55.8 Å². The molecule has 194 valence electrons. The number of amides is 1. The van der Waals surface area contributed by atoms with E-state index >= 15 is 0 Å². The van der Waals surface area contributed by atoms with E-state index in [1.807, 2.05) is 29.7 Å². The number of carbonyl (C=O) groups is 1. The van der Waals surface area contributed by atoms with Crippen LogP contribution in [0.2, 0.25) is 10.2 Å². The third-order valence-corrected chi connectivity index (χ3v) is 8.24. The molecule has 5 rings (SSSR count). The highest BCUT2D eigenvalue weighted by Crippen LogP contribution is 2.43. The number of nitrogens with zero attached hydrogens (tertiary/aromatic N) is 5. The SMILES string of the molecule is CC1CN(C(=O)[C@@H]2CN(c3ccc(Cl)nn3)C[C@H]2c2ccc(Cl)cn2)CC(C)C1(O)c1ccc(F)cc1. The average Bonchev–Trinajstić information content (AvgIpc) is 3.33. The van der Waals surface area contributed by atoms with Crippen LogP contribution in [0.3, 0.4) is 0 Å². The summed E-state index contributed by atoms with van der Waals surface area (Å²) < 4.78 is 13.5. The fraction of sp³-hybridized carbons (Fsp3) is 0.407. The van der Waals surface area contributed by atoms with E-state index in [-0.39, 0.29) is 35.4 Å². The molecule has 0 radical (unpaired) electrons. The summed E-state index contributed by atoms with van der Waals surface area (Å²) in [4.78, 5) is 22.4. The number of aromatic nitrogens is 3. The maximum Gasteiger partial charge on any atom is 0.228 e. The van der Waals surface area contributed by atoms with Gasteiger partial charge in [-0.3, -0.25) is 9.78 Å². The Bertz CT molecular complexity index is 1250. The van der Waals surface area contributed by atoms with Crippen LogP contribution in [0.25, 0.3) is 0 Å². The number of aliphatic hydroxyl groups is 1. The van der Waals surface area contributed by atoms with Gasteiger partial charge in [0.1, 0.15) is 5.82 Å². The van der Waals surface area contributed by atoms with Crippen molar-refractivity contribution in [3.05, 3.63) is 82.0 Å². The number of likely N-dealkylation sites (tertiary alicyclic amines) is 1. The van der Waals surface area contributed by atoms with Crippen molar-refractivity contribution < 1.29 is 14.3 Å². The van der Waals surface area contributed by atoms with Crippen LogP contribution >= 0.6 is 23.2 Å². The zero-order chi connectivity index (χ0) is 26.3. The summed E-state index contributed by atoms with van der Waals surface area (Å²) in [7, 11) is 0. The normalized spacial score (nSPS) is 27.9. The van der Waals surface area contributed by atoms with Gasteiger partial charge in [0.25, 0.3) is 0 Å². The van der Waals surface area contributed by atoms with Gasteiger partial charge in [-0.2, -0.15) is 0 Å². The van der Waals surface area contributed by atoms with Gasteiger partial charge in [-0.1, -0.05) is 49.2 Å². The molecule has 1 aromatic carbocycles. The minimum atomic E-state index is -1.16. The highest BCUT2D eigenvalue weighted by molar-refractivity contribution is 6.30. The molecular formula is C27H28Cl2FN5O2. The van der Waals surface area contributed by atoms with Crippen LogP contribution in [-0.2, 0) is 10.4 Å². The Labute approximate surface area is 225 Å². The summed E-state index contributed by atoms with van der Waals surface area (Å²) in [6, 6.07) is 13.1. The van der Waals surface area contributed by atoms with Crippen molar-refractivity contribution in [1.29, 1.82) is 0 Å². The molecule has 2 saturated heterocycles. The van der Waals surface area contributed by atoms with Gasteiger partial charge in [0.05, 0.1) is 16.5 Å². The Morgan fingerprint density at radius 1 is 0.973 bits per heavy atom. The molecule has 0 saturated carbocycles. The van der Waals surface area contributed by atoms with Gasteiger partial charge in [-0.05, 0) is 42.0 Å². The number of carbonyl (C=O) groups excluding carboxylic acids is 1. The molecule has 1 amide bonds. The molecule has 2 aliphatic heterocycles. The Morgan fingerprint density at radius 3 is 2.27 bits per heavy atom. The monoisotopic (exact) mass is 543 g/mol. The maximum atomic E-state index is 14.0. The van der Waals surface area contributed by atoms with E-state index in [4.69, 9.17) is 23.2 Å².